The molecule has 1 heterocycles. The Hall–Kier alpha value is 0.981. The van der Waals surface area contributed by atoms with E-state index in [4.69, 9.17) is 34.5 Å². The maximum atomic E-state index is 7.30. The smallest absolute Gasteiger partial charge is 0.442 e. The van der Waals surface area contributed by atoms with Gasteiger partial charge >= 0.3 is 34.5 Å². The third-order valence-electron chi connectivity index (χ3n) is 7.01. The Kier molecular flexibility index (Phi) is 13.8. The Morgan fingerprint density at radius 2 is 1.29 bits per heavy atom. The Morgan fingerprint density at radius 1 is 0.711 bits per heavy atom. The molecule has 8 nitrogen and oxygen atoms in total. The zero-order valence-corrected chi connectivity index (χ0v) is 32.7. The van der Waals surface area contributed by atoms with E-state index >= 15 is 0 Å². The molecule has 226 valence electrons. The molecule has 0 spiro atoms. The van der Waals surface area contributed by atoms with Gasteiger partial charge in [0.15, 0.2) is 8.32 Å². The van der Waals surface area contributed by atoms with Crippen molar-refractivity contribution in [2.45, 2.75) is 129 Å². The summed E-state index contributed by atoms with van der Waals surface area (Å²) >= 11 is 0. The minimum atomic E-state index is -2.82. The molecule has 0 radical (unpaired) electrons. The Bertz CT molecular complexity index is 697. The largest absolute Gasteiger partial charge is 0.500 e. The number of fused-ring (bicyclic) bond motifs is 1. The van der Waals surface area contributed by atoms with Crippen LogP contribution in [0, 0.1) is 5.92 Å². The van der Waals surface area contributed by atoms with Gasteiger partial charge in [0.25, 0.3) is 0 Å². The molecule has 2 rings (SSSR count). The molecule has 1 saturated heterocycles. The van der Waals surface area contributed by atoms with Crippen LogP contribution in [0.4, 0.5) is 0 Å². The number of hydrogen-bond acceptors (Lipinski definition) is 8. The third kappa shape index (κ3) is 12.1. The lowest BCUT2D eigenvalue weighted by Crippen LogP contribution is -2.60. The van der Waals surface area contributed by atoms with Crippen LogP contribution in [-0.4, -0.2) is 84.6 Å². The molecule has 0 aromatic carbocycles. The van der Waals surface area contributed by atoms with E-state index in [0.29, 0.717) is 44.0 Å². The van der Waals surface area contributed by atoms with Crippen molar-refractivity contribution in [3.63, 3.8) is 0 Å². The second-order valence-corrected chi connectivity index (χ2v) is 31.9. The molecular weight excluding hydrogens is 585 g/mol. The molecule has 38 heavy (non-hydrogen) atoms. The van der Waals surface area contributed by atoms with Crippen molar-refractivity contribution < 1.29 is 34.5 Å². The zero-order chi connectivity index (χ0) is 28.7. The predicted octanol–water partition coefficient (Wildman–Crippen LogP) is 5.87. The second-order valence-electron chi connectivity index (χ2n) is 12.4. The van der Waals surface area contributed by atoms with Crippen molar-refractivity contribution in [1.29, 1.82) is 0 Å². The van der Waals surface area contributed by atoms with Gasteiger partial charge in [-0.05, 0) is 110 Å². The zero-order valence-electron chi connectivity index (χ0n) is 26.3. The molecule has 2 fully saturated rings. The van der Waals surface area contributed by atoms with E-state index in [-0.39, 0.29) is 0 Å². The fraction of sp³-hybridized carbons (Fsp3) is 1.00. The first-order chi connectivity index (χ1) is 17.6. The van der Waals surface area contributed by atoms with Crippen molar-refractivity contribution in [3.8, 4) is 0 Å². The van der Waals surface area contributed by atoms with Crippen LogP contribution in [0.5, 0.6) is 0 Å². The van der Waals surface area contributed by atoms with E-state index in [1.165, 1.54) is 19.3 Å². The molecule has 1 aliphatic carbocycles. The summed E-state index contributed by atoms with van der Waals surface area (Å²) in [5, 5.41) is 0. The minimum absolute atomic E-state index is 0.493. The molecule has 14 heteroatoms. The summed E-state index contributed by atoms with van der Waals surface area (Å²) < 4.78 is 52.0. The van der Waals surface area contributed by atoms with Gasteiger partial charge in [-0.2, -0.15) is 0 Å². The monoisotopic (exact) mass is 642 g/mol. The highest BCUT2D eigenvalue weighted by Crippen LogP contribution is 2.42. The van der Waals surface area contributed by atoms with Crippen LogP contribution in [0.15, 0.2) is 0 Å². The van der Waals surface area contributed by atoms with Gasteiger partial charge in [-0.15, -0.1) is 0 Å². The number of rotatable bonds is 20. The fourth-order valence-corrected chi connectivity index (χ4v) is 31.1. The molecule has 1 saturated carbocycles. The first-order valence-electron chi connectivity index (χ1n) is 14.9. The Balaban J connectivity index is 2.28. The highest BCUT2D eigenvalue weighted by atomic mass is 28.5. The van der Waals surface area contributed by atoms with Crippen molar-refractivity contribution in [1.82, 2.24) is 0 Å². The molecule has 5 atom stereocenters. The van der Waals surface area contributed by atoms with Crippen LogP contribution in [0.2, 0.25) is 70.5 Å². The molecule has 5 unspecified atom stereocenters. The highest BCUT2D eigenvalue weighted by molar-refractivity contribution is 6.90. The standard InChI is InChI=1S/C24H58O8Si6/c1-12-25-38(26-13-2,27-14-3)20-19-37(11,30-34(5,6)7)32-36(10,31-35(8,9)29-33-4)18-17-22-15-16-23-24(21-22)28-23/h22-24H,12-21,33H2,1-11H3. The number of ether oxygens (including phenoxy) is 1. The molecule has 2 aliphatic rings. The van der Waals surface area contributed by atoms with Crippen LogP contribution in [-0.2, 0) is 34.5 Å². The number of hydrogen-bond donors (Lipinski definition) is 0. The maximum Gasteiger partial charge on any atom is 0.500 e. The van der Waals surface area contributed by atoms with Gasteiger partial charge in [0.2, 0.25) is 0 Å². The quantitative estimate of drug-likeness (QED) is 0.121. The SMILES string of the molecule is CCO[Si](CC[Si](C)(O[Si](C)(C)C)O[Si](C)(CCC1CCC2OC2C1)O[Si](C)(C)O[SiH2]C)(OCC)OCC. The van der Waals surface area contributed by atoms with Gasteiger partial charge in [-0.1, -0.05) is 6.55 Å². The van der Waals surface area contributed by atoms with Crippen molar-refractivity contribution in [2.24, 2.45) is 5.92 Å². The van der Waals surface area contributed by atoms with Crippen LogP contribution in [0.25, 0.3) is 0 Å². The van der Waals surface area contributed by atoms with Crippen molar-refractivity contribution in [3.05, 3.63) is 0 Å². The third-order valence-corrected chi connectivity index (χ3v) is 28.2. The summed E-state index contributed by atoms with van der Waals surface area (Å²) in [7, 11) is -12.9. The van der Waals surface area contributed by atoms with E-state index in [1.54, 1.807) is 0 Å². The van der Waals surface area contributed by atoms with E-state index in [0.717, 1.165) is 18.5 Å². The molecule has 0 N–H and O–H groups in total. The minimum Gasteiger partial charge on any atom is -0.442 e. The Morgan fingerprint density at radius 3 is 1.79 bits per heavy atom. The molecular formula is C24H58O8Si6. The van der Waals surface area contributed by atoms with Gasteiger partial charge in [-0.25, -0.2) is 0 Å². The second kappa shape index (κ2) is 14.9. The summed E-state index contributed by atoms with van der Waals surface area (Å²) in [5.41, 5.74) is 0. The van der Waals surface area contributed by atoms with Crippen molar-refractivity contribution >= 4 is 52.6 Å². The van der Waals surface area contributed by atoms with E-state index in [2.05, 4.69) is 52.4 Å². The van der Waals surface area contributed by atoms with Gasteiger partial charge in [0.05, 0.1) is 12.2 Å². The summed E-state index contributed by atoms with van der Waals surface area (Å²) in [6.45, 7) is 25.5. The van der Waals surface area contributed by atoms with Crippen LogP contribution < -0.4 is 0 Å². The van der Waals surface area contributed by atoms with Crippen LogP contribution in [0.3, 0.4) is 0 Å². The van der Waals surface area contributed by atoms with Crippen LogP contribution >= 0.6 is 0 Å². The maximum absolute atomic E-state index is 7.30. The van der Waals surface area contributed by atoms with Crippen LogP contribution in [0.1, 0.15) is 46.5 Å². The molecule has 0 amide bonds. The summed E-state index contributed by atoms with van der Waals surface area (Å²) in [6.07, 6.45) is 5.77. The lowest BCUT2D eigenvalue weighted by molar-refractivity contribution is 0.0719. The molecule has 0 bridgehead atoms. The lowest BCUT2D eigenvalue weighted by Gasteiger charge is -2.44. The summed E-state index contributed by atoms with van der Waals surface area (Å²) in [6, 6.07) is 2.42. The average molecular weight is 643 g/mol. The molecule has 0 aromatic heterocycles. The van der Waals surface area contributed by atoms with E-state index < -0.39 is 52.6 Å². The first-order valence-corrected chi connectivity index (χ1v) is 30.1. The number of epoxide rings is 1. The summed E-state index contributed by atoms with van der Waals surface area (Å²) in [5.74, 6) is 0.684. The normalized spacial score (nSPS) is 25.8. The van der Waals surface area contributed by atoms with Crippen molar-refractivity contribution in [2.75, 3.05) is 19.8 Å². The van der Waals surface area contributed by atoms with Gasteiger partial charge in [0.1, 0.15) is 9.76 Å². The van der Waals surface area contributed by atoms with Gasteiger partial charge in [-0.3, -0.25) is 0 Å². The topological polar surface area (TPSA) is 77.1 Å². The van der Waals surface area contributed by atoms with Gasteiger partial charge < -0.3 is 34.5 Å². The van der Waals surface area contributed by atoms with Gasteiger partial charge in [0, 0.05) is 25.9 Å². The average Bonchev–Trinajstić information content (AvgIpc) is 3.54. The summed E-state index contributed by atoms with van der Waals surface area (Å²) in [4.78, 5) is 0. The predicted molar refractivity (Wildman–Crippen MR) is 168 cm³/mol. The van der Waals surface area contributed by atoms with E-state index in [9.17, 15) is 0 Å². The lowest BCUT2D eigenvalue weighted by atomic mass is 9.88. The fourth-order valence-electron chi connectivity index (χ4n) is 5.84. The molecule has 0 aromatic rings. The van der Waals surface area contributed by atoms with E-state index in [1.807, 2.05) is 20.8 Å². The Labute approximate surface area is 241 Å². The highest BCUT2D eigenvalue weighted by Gasteiger charge is 2.52. The first kappa shape index (κ1) is 35.2. The molecule has 1 aliphatic heterocycles.